The Morgan fingerprint density at radius 1 is 1.53 bits per heavy atom. The second kappa shape index (κ2) is 7.43. The maximum atomic E-state index is 10.9. The van der Waals surface area contributed by atoms with E-state index in [4.69, 9.17) is 4.74 Å². The van der Waals surface area contributed by atoms with Crippen LogP contribution in [0.1, 0.15) is 26.2 Å². The summed E-state index contributed by atoms with van der Waals surface area (Å²) in [4.78, 5) is 10.9. The summed E-state index contributed by atoms with van der Waals surface area (Å²) in [5.74, 6) is -0.314. The molecule has 0 radical (unpaired) electrons. The molecule has 0 heterocycles. The first-order valence-corrected chi connectivity index (χ1v) is 11.7. The van der Waals surface area contributed by atoms with Gasteiger partial charge in [0.15, 0.2) is 0 Å². The summed E-state index contributed by atoms with van der Waals surface area (Å²) in [6.07, 6.45) is 4.59. The molecule has 0 saturated heterocycles. The summed E-state index contributed by atoms with van der Waals surface area (Å²) in [5.41, 5.74) is -0.922. The predicted octanol–water partition coefficient (Wildman–Crippen LogP) is 3.91. The summed E-state index contributed by atoms with van der Waals surface area (Å²) < 4.78 is 5.08. The minimum atomic E-state index is -0.922. The third-order valence-corrected chi connectivity index (χ3v) is 5.28. The fraction of sp³-hybridized carbons (Fsp3) is 0.727. The molecule has 0 bridgehead atoms. The van der Waals surface area contributed by atoms with Crippen molar-refractivity contribution in [2.45, 2.75) is 51.4 Å². The number of carbonyl (C=O) groups excluding carboxylic acids is 1. The number of hydrogen-bond acceptors (Lipinski definition) is 2. The standard InChI is InChI=1S/C11H21IO2Si/c1-5-11(13)14-10(2)8-6-7-9-15(3,4)12/h5,10H,1,6-9H2,2-4H3. The fourth-order valence-corrected chi connectivity index (χ4v) is 3.52. The lowest BCUT2D eigenvalue weighted by atomic mass is 10.2. The Labute approximate surface area is 107 Å². The van der Waals surface area contributed by atoms with Gasteiger partial charge in [-0.3, -0.25) is 0 Å². The largest absolute Gasteiger partial charge is 0.460 e. The van der Waals surface area contributed by atoms with Gasteiger partial charge in [-0.25, -0.2) is 4.79 Å². The molecule has 0 amide bonds. The average molecular weight is 340 g/mol. The van der Waals surface area contributed by atoms with Crippen LogP contribution in [0.3, 0.4) is 0 Å². The monoisotopic (exact) mass is 340 g/mol. The van der Waals surface area contributed by atoms with Crippen LogP contribution in [-0.4, -0.2) is 17.6 Å². The zero-order chi connectivity index (χ0) is 11.9. The molecule has 1 unspecified atom stereocenters. The van der Waals surface area contributed by atoms with E-state index in [0.717, 1.165) is 12.8 Å². The van der Waals surface area contributed by atoms with Crippen LogP contribution >= 0.6 is 21.8 Å². The Morgan fingerprint density at radius 3 is 2.60 bits per heavy atom. The molecule has 0 fully saturated rings. The van der Waals surface area contributed by atoms with Gasteiger partial charge in [-0.15, -0.1) is 21.8 Å². The molecule has 0 aromatic carbocycles. The van der Waals surface area contributed by atoms with Gasteiger partial charge in [-0.05, 0) is 19.4 Å². The first-order valence-electron chi connectivity index (χ1n) is 5.37. The van der Waals surface area contributed by atoms with Crippen molar-refractivity contribution in [3.8, 4) is 0 Å². The first-order chi connectivity index (χ1) is 6.85. The van der Waals surface area contributed by atoms with E-state index in [1.165, 1.54) is 18.5 Å². The fourth-order valence-electron chi connectivity index (χ4n) is 1.28. The minimum Gasteiger partial charge on any atom is -0.460 e. The summed E-state index contributed by atoms with van der Waals surface area (Å²) in [7, 11) is 0. The van der Waals surface area contributed by atoms with Gasteiger partial charge in [0.2, 0.25) is 0 Å². The zero-order valence-electron chi connectivity index (χ0n) is 9.88. The van der Waals surface area contributed by atoms with Gasteiger partial charge in [0.25, 0.3) is 0 Å². The Morgan fingerprint density at radius 2 is 2.13 bits per heavy atom. The SMILES string of the molecule is C=CC(=O)OC(C)CCCC[Si](C)(C)I. The van der Waals surface area contributed by atoms with Crippen molar-refractivity contribution in [1.29, 1.82) is 0 Å². The number of esters is 1. The summed E-state index contributed by atoms with van der Waals surface area (Å²) >= 11 is 2.60. The van der Waals surface area contributed by atoms with Crippen molar-refractivity contribution >= 4 is 33.3 Å². The van der Waals surface area contributed by atoms with Gasteiger partial charge < -0.3 is 4.74 Å². The van der Waals surface area contributed by atoms with Crippen LogP contribution < -0.4 is 0 Å². The van der Waals surface area contributed by atoms with Crippen molar-refractivity contribution in [3.63, 3.8) is 0 Å². The van der Waals surface area contributed by atoms with Crippen LogP contribution in [0.4, 0.5) is 0 Å². The van der Waals surface area contributed by atoms with E-state index in [2.05, 4.69) is 41.5 Å². The van der Waals surface area contributed by atoms with E-state index in [1.807, 2.05) is 6.92 Å². The molecule has 15 heavy (non-hydrogen) atoms. The Kier molecular flexibility index (Phi) is 7.51. The molecule has 0 spiro atoms. The lowest BCUT2D eigenvalue weighted by Gasteiger charge is -2.15. The molecule has 0 saturated carbocycles. The van der Waals surface area contributed by atoms with Gasteiger partial charge in [-0.2, -0.15) is 0 Å². The van der Waals surface area contributed by atoms with Crippen molar-refractivity contribution in [2.75, 3.05) is 0 Å². The molecule has 0 rings (SSSR count). The maximum Gasteiger partial charge on any atom is 0.330 e. The minimum absolute atomic E-state index is 0.0227. The molecule has 88 valence electrons. The number of ether oxygens (including phenoxy) is 1. The number of unbranched alkanes of at least 4 members (excludes halogenated alkanes) is 1. The van der Waals surface area contributed by atoms with Crippen LogP contribution in [0.2, 0.25) is 19.1 Å². The first kappa shape index (κ1) is 15.2. The third-order valence-electron chi connectivity index (χ3n) is 2.12. The van der Waals surface area contributed by atoms with E-state index in [-0.39, 0.29) is 12.1 Å². The van der Waals surface area contributed by atoms with Crippen molar-refractivity contribution < 1.29 is 9.53 Å². The molecule has 2 nitrogen and oxygen atoms in total. The van der Waals surface area contributed by atoms with Crippen LogP contribution in [0, 0.1) is 0 Å². The van der Waals surface area contributed by atoms with Gasteiger partial charge >= 0.3 is 5.97 Å². The molecule has 0 N–H and O–H groups in total. The van der Waals surface area contributed by atoms with Crippen molar-refractivity contribution in [3.05, 3.63) is 12.7 Å². The van der Waals surface area contributed by atoms with Crippen LogP contribution in [0.15, 0.2) is 12.7 Å². The maximum absolute atomic E-state index is 10.9. The molecule has 4 heteroatoms. The van der Waals surface area contributed by atoms with E-state index in [0.29, 0.717) is 0 Å². The highest BCUT2D eigenvalue weighted by atomic mass is 127. The number of carbonyl (C=O) groups is 1. The van der Waals surface area contributed by atoms with Crippen LogP contribution in [-0.2, 0) is 9.53 Å². The van der Waals surface area contributed by atoms with E-state index < -0.39 is 5.57 Å². The molecule has 1 atom stereocenters. The van der Waals surface area contributed by atoms with Crippen LogP contribution in [0.25, 0.3) is 0 Å². The molecular formula is C11H21IO2Si. The van der Waals surface area contributed by atoms with Gasteiger partial charge in [0.05, 0.1) is 6.10 Å². The predicted molar refractivity (Wildman–Crippen MR) is 75.9 cm³/mol. The normalized spacial score (nSPS) is 13.3. The van der Waals surface area contributed by atoms with E-state index in [9.17, 15) is 4.79 Å². The second-order valence-corrected chi connectivity index (χ2v) is 17.1. The number of halogens is 1. The quantitative estimate of drug-likeness (QED) is 0.175. The highest BCUT2D eigenvalue weighted by Crippen LogP contribution is 2.21. The van der Waals surface area contributed by atoms with Crippen molar-refractivity contribution in [2.24, 2.45) is 0 Å². The topological polar surface area (TPSA) is 26.3 Å². The number of rotatable bonds is 7. The summed E-state index contributed by atoms with van der Waals surface area (Å²) in [6.45, 7) is 10.1. The zero-order valence-corrected chi connectivity index (χ0v) is 13.0. The smallest absolute Gasteiger partial charge is 0.330 e. The van der Waals surface area contributed by atoms with Gasteiger partial charge in [0.1, 0.15) is 5.57 Å². The molecule has 0 aliphatic rings. The Hall–Kier alpha value is 0.157. The van der Waals surface area contributed by atoms with Gasteiger partial charge in [-0.1, -0.05) is 32.5 Å². The average Bonchev–Trinajstić information content (AvgIpc) is 2.11. The molecule has 0 aliphatic carbocycles. The summed E-state index contributed by atoms with van der Waals surface area (Å²) in [6, 6.07) is 1.34. The van der Waals surface area contributed by atoms with Crippen molar-refractivity contribution in [1.82, 2.24) is 0 Å². The molecular weight excluding hydrogens is 319 g/mol. The van der Waals surface area contributed by atoms with Gasteiger partial charge in [0, 0.05) is 6.08 Å². The Bertz CT molecular complexity index is 211. The van der Waals surface area contributed by atoms with E-state index >= 15 is 0 Å². The highest BCUT2D eigenvalue weighted by Gasteiger charge is 2.15. The lowest BCUT2D eigenvalue weighted by molar-refractivity contribution is -0.142. The second-order valence-electron chi connectivity index (χ2n) is 4.42. The lowest BCUT2D eigenvalue weighted by Crippen LogP contribution is -2.15. The molecule has 0 aliphatic heterocycles. The van der Waals surface area contributed by atoms with Crippen LogP contribution in [0.5, 0.6) is 0 Å². The number of hydrogen-bond donors (Lipinski definition) is 0. The molecule has 0 aromatic rings. The molecule has 0 aromatic heterocycles. The Balaban J connectivity index is 3.51. The summed E-state index contributed by atoms with van der Waals surface area (Å²) in [5, 5.41) is 0. The van der Waals surface area contributed by atoms with E-state index in [1.54, 1.807) is 0 Å². The highest BCUT2D eigenvalue weighted by molar-refractivity contribution is 14.1. The third kappa shape index (κ3) is 10.4.